The number of aromatic nitrogens is 2. The predicted molar refractivity (Wildman–Crippen MR) is 180 cm³/mol. The van der Waals surface area contributed by atoms with Crippen molar-refractivity contribution in [3.8, 4) is 22.9 Å². The first-order valence-electron chi connectivity index (χ1n) is 17.4. The molecule has 1 unspecified atom stereocenters. The van der Waals surface area contributed by atoms with Crippen LogP contribution in [0, 0.1) is 0 Å². The monoisotopic (exact) mass is 670 g/mol. The van der Waals surface area contributed by atoms with E-state index in [2.05, 4.69) is 16.9 Å². The number of benzene rings is 2. The smallest absolute Gasteiger partial charge is 0.425 e. The zero-order chi connectivity index (χ0) is 34.6. The topological polar surface area (TPSA) is 87.6 Å². The molecule has 0 saturated heterocycles. The number of carbonyl (C=O) groups is 2. The molecule has 3 rings (SSSR count). The molecular formula is C38H49F3N2O5. The maximum Gasteiger partial charge on any atom is 0.425 e. The highest BCUT2D eigenvalue weighted by Gasteiger charge is 2.42. The Bertz CT molecular complexity index is 1350. The number of alkyl halides is 3. The van der Waals surface area contributed by atoms with Crippen LogP contribution in [0.15, 0.2) is 60.9 Å². The number of hydrogen-bond acceptors (Lipinski definition) is 7. The van der Waals surface area contributed by atoms with Gasteiger partial charge in [-0.15, -0.1) is 0 Å². The summed E-state index contributed by atoms with van der Waals surface area (Å²) in [6.45, 7) is 4.83. The second-order valence-corrected chi connectivity index (χ2v) is 12.0. The number of halogens is 3. The Hall–Kier alpha value is -3.95. The Labute approximate surface area is 282 Å². The zero-order valence-electron chi connectivity index (χ0n) is 28.2. The van der Waals surface area contributed by atoms with Gasteiger partial charge in [0.15, 0.2) is 17.7 Å². The molecule has 0 bridgehead atoms. The predicted octanol–water partition coefficient (Wildman–Crippen LogP) is 10.7. The van der Waals surface area contributed by atoms with Crippen LogP contribution >= 0.6 is 0 Å². The molecule has 48 heavy (non-hydrogen) atoms. The average molecular weight is 671 g/mol. The van der Waals surface area contributed by atoms with Gasteiger partial charge in [-0.05, 0) is 55.7 Å². The molecule has 0 fully saturated rings. The van der Waals surface area contributed by atoms with Gasteiger partial charge < -0.3 is 14.2 Å². The standard InChI is InChI=1S/C38H49F3N2O5/c1-3-5-7-9-10-11-12-13-14-16-26-46-33-27-42-35(43-28-33)29-18-20-30(21-19-29)36(44)47-32-24-22-31(23-25-32)37(45)48-34(38(39,40)41)17-15-8-6-4-2/h18-25,27-28,34H,3-17,26H2,1-2H3. The molecule has 10 heteroatoms. The van der Waals surface area contributed by atoms with E-state index in [9.17, 15) is 22.8 Å². The molecule has 0 spiro atoms. The molecule has 0 amide bonds. The van der Waals surface area contributed by atoms with Crippen LogP contribution in [0.4, 0.5) is 13.2 Å². The first-order valence-corrected chi connectivity index (χ1v) is 17.4. The summed E-state index contributed by atoms with van der Waals surface area (Å²) in [4.78, 5) is 33.9. The summed E-state index contributed by atoms with van der Waals surface area (Å²) < 4.78 is 56.1. The molecular weight excluding hydrogens is 621 g/mol. The quantitative estimate of drug-likeness (QED) is 0.0597. The highest BCUT2D eigenvalue weighted by atomic mass is 19.4. The van der Waals surface area contributed by atoms with Crippen LogP contribution in [0.25, 0.3) is 11.4 Å². The van der Waals surface area contributed by atoms with Gasteiger partial charge in [0.1, 0.15) is 5.75 Å². The van der Waals surface area contributed by atoms with Gasteiger partial charge in [-0.3, -0.25) is 0 Å². The third-order valence-corrected chi connectivity index (χ3v) is 8.01. The van der Waals surface area contributed by atoms with Gasteiger partial charge >= 0.3 is 18.1 Å². The zero-order valence-corrected chi connectivity index (χ0v) is 28.2. The molecule has 1 aromatic heterocycles. The van der Waals surface area contributed by atoms with Gasteiger partial charge in [0.05, 0.1) is 30.1 Å². The van der Waals surface area contributed by atoms with E-state index in [4.69, 9.17) is 14.2 Å². The highest BCUT2D eigenvalue weighted by molar-refractivity contribution is 5.92. The van der Waals surface area contributed by atoms with E-state index in [0.717, 1.165) is 25.7 Å². The Balaban J connectivity index is 1.41. The minimum absolute atomic E-state index is 0.0721. The van der Waals surface area contributed by atoms with Gasteiger partial charge in [0.2, 0.25) is 0 Å². The van der Waals surface area contributed by atoms with E-state index in [1.165, 1.54) is 75.6 Å². The van der Waals surface area contributed by atoms with Crippen molar-refractivity contribution in [3.05, 3.63) is 72.1 Å². The first-order chi connectivity index (χ1) is 23.2. The molecule has 0 aliphatic heterocycles. The van der Waals surface area contributed by atoms with Crippen molar-refractivity contribution in [1.82, 2.24) is 9.97 Å². The van der Waals surface area contributed by atoms with Crippen molar-refractivity contribution >= 4 is 11.9 Å². The van der Waals surface area contributed by atoms with Crippen molar-refractivity contribution in [2.24, 2.45) is 0 Å². The van der Waals surface area contributed by atoms with Crippen molar-refractivity contribution in [1.29, 1.82) is 0 Å². The summed E-state index contributed by atoms with van der Waals surface area (Å²) in [6.07, 6.45) is 11.5. The fraction of sp³-hybridized carbons (Fsp3) is 0.526. The molecule has 0 radical (unpaired) electrons. The van der Waals surface area contributed by atoms with E-state index in [0.29, 0.717) is 36.6 Å². The second kappa shape index (κ2) is 21.1. The molecule has 0 aliphatic rings. The second-order valence-electron chi connectivity index (χ2n) is 12.0. The molecule has 3 aromatic rings. The summed E-state index contributed by atoms with van der Waals surface area (Å²) in [5.74, 6) is -0.506. The lowest BCUT2D eigenvalue weighted by atomic mass is 10.1. The van der Waals surface area contributed by atoms with Crippen molar-refractivity contribution in [2.75, 3.05) is 6.61 Å². The van der Waals surface area contributed by atoms with Crippen LogP contribution < -0.4 is 9.47 Å². The molecule has 1 atom stereocenters. The van der Waals surface area contributed by atoms with Crippen molar-refractivity contribution < 1.29 is 37.0 Å². The van der Waals surface area contributed by atoms with E-state index in [-0.39, 0.29) is 23.3 Å². The summed E-state index contributed by atoms with van der Waals surface area (Å²) in [5.41, 5.74) is 0.908. The van der Waals surface area contributed by atoms with E-state index in [1.54, 1.807) is 36.7 Å². The van der Waals surface area contributed by atoms with E-state index < -0.39 is 24.2 Å². The molecule has 0 N–H and O–H groups in total. The number of ether oxygens (including phenoxy) is 3. The molecule has 262 valence electrons. The Morgan fingerprint density at radius 3 is 1.71 bits per heavy atom. The minimum atomic E-state index is -4.65. The number of rotatable bonds is 22. The lowest BCUT2D eigenvalue weighted by molar-refractivity contribution is -0.206. The molecule has 7 nitrogen and oxygen atoms in total. The Morgan fingerprint density at radius 1 is 0.646 bits per heavy atom. The van der Waals surface area contributed by atoms with Crippen LogP contribution in [0.2, 0.25) is 0 Å². The third kappa shape index (κ3) is 14.0. The fourth-order valence-electron chi connectivity index (χ4n) is 5.14. The summed E-state index contributed by atoms with van der Waals surface area (Å²) >= 11 is 0. The number of nitrogens with zero attached hydrogens (tertiary/aromatic N) is 2. The SMILES string of the molecule is CCCCCCCCCCCCOc1cnc(-c2ccc(C(=O)Oc3ccc(C(=O)OC(CCCCCC)C(F)(F)F)cc3)cc2)nc1. The van der Waals surface area contributed by atoms with Crippen LogP contribution in [-0.4, -0.2) is 40.8 Å². The number of hydrogen-bond donors (Lipinski definition) is 0. The molecule has 0 aliphatic carbocycles. The fourth-order valence-corrected chi connectivity index (χ4v) is 5.14. The average Bonchev–Trinajstić information content (AvgIpc) is 3.08. The van der Waals surface area contributed by atoms with E-state index >= 15 is 0 Å². The van der Waals surface area contributed by atoms with Gasteiger partial charge in [0.25, 0.3) is 0 Å². The minimum Gasteiger partial charge on any atom is -0.490 e. The van der Waals surface area contributed by atoms with Gasteiger partial charge in [0, 0.05) is 5.56 Å². The normalized spacial score (nSPS) is 12.0. The van der Waals surface area contributed by atoms with Gasteiger partial charge in [-0.1, -0.05) is 103 Å². The Morgan fingerprint density at radius 2 is 1.15 bits per heavy atom. The highest BCUT2D eigenvalue weighted by Crippen LogP contribution is 2.28. The van der Waals surface area contributed by atoms with Gasteiger partial charge in [-0.2, -0.15) is 13.2 Å². The van der Waals surface area contributed by atoms with E-state index in [1.807, 2.05) is 6.92 Å². The third-order valence-electron chi connectivity index (χ3n) is 8.01. The molecule has 2 aromatic carbocycles. The van der Waals surface area contributed by atoms with Crippen molar-refractivity contribution in [3.63, 3.8) is 0 Å². The van der Waals surface area contributed by atoms with Crippen molar-refractivity contribution in [2.45, 2.75) is 122 Å². The summed E-state index contributed by atoms with van der Waals surface area (Å²) in [5, 5.41) is 0. The molecule has 1 heterocycles. The number of esters is 2. The van der Waals surface area contributed by atoms with Crippen LogP contribution in [-0.2, 0) is 4.74 Å². The largest absolute Gasteiger partial charge is 0.490 e. The lowest BCUT2D eigenvalue weighted by Crippen LogP contribution is -2.33. The van der Waals surface area contributed by atoms with Crippen LogP contribution in [0.1, 0.15) is 131 Å². The maximum atomic E-state index is 13.4. The van der Waals surface area contributed by atoms with Gasteiger partial charge in [-0.25, -0.2) is 19.6 Å². The summed E-state index contributed by atoms with van der Waals surface area (Å²) in [7, 11) is 0. The van der Waals surface area contributed by atoms with Crippen LogP contribution in [0.5, 0.6) is 11.5 Å². The van der Waals surface area contributed by atoms with Crippen LogP contribution in [0.3, 0.4) is 0 Å². The summed E-state index contributed by atoms with van der Waals surface area (Å²) in [6, 6.07) is 11.8. The Kier molecular flexibility index (Phi) is 16.9. The number of carbonyl (C=O) groups excluding carboxylic acids is 2. The molecule has 0 saturated carbocycles. The lowest BCUT2D eigenvalue weighted by Gasteiger charge is -2.20. The first kappa shape index (κ1) is 38.5. The number of unbranched alkanes of at least 4 members (excludes halogenated alkanes) is 12. The maximum absolute atomic E-state index is 13.4.